The molecule has 0 amide bonds. The maximum atomic E-state index is 3.72. The molecule has 0 atom stereocenters. The maximum Gasteiger partial charge on any atom is 0 e. The van der Waals surface area contributed by atoms with Crippen molar-refractivity contribution in [2.24, 2.45) is 0 Å². The third kappa shape index (κ3) is 27.4. The van der Waals surface area contributed by atoms with Gasteiger partial charge in [0.05, 0.1) is 0 Å². The second kappa shape index (κ2) is 28.4. The Morgan fingerprint density at radius 3 is 1.03 bits per heavy atom. The molecule has 0 unspecified atom stereocenters. The van der Waals surface area contributed by atoms with Crippen molar-refractivity contribution in [2.45, 2.75) is 33.1 Å². The molecule has 0 aliphatic heterocycles. The summed E-state index contributed by atoms with van der Waals surface area (Å²) in [6, 6.07) is 39.9. The molecule has 5 rings (SSSR count). The molecule has 0 aromatic heterocycles. The zero-order valence-corrected chi connectivity index (χ0v) is 25.7. The molecule has 0 saturated heterocycles. The molecule has 0 N–H and O–H groups in total. The number of rotatable bonds is 1. The second-order valence-corrected chi connectivity index (χ2v) is 7.97. The van der Waals surface area contributed by atoms with Gasteiger partial charge in [-0.2, -0.15) is 86.4 Å². The van der Waals surface area contributed by atoms with E-state index in [1.165, 1.54) is 12.0 Å². The summed E-state index contributed by atoms with van der Waals surface area (Å²) in [6.45, 7) is 19.0. The van der Waals surface area contributed by atoms with Crippen molar-refractivity contribution in [1.82, 2.24) is 0 Å². The van der Waals surface area contributed by atoms with Crippen molar-refractivity contribution in [1.29, 1.82) is 0 Å². The predicted molar refractivity (Wildman–Crippen MR) is 166 cm³/mol. The summed E-state index contributed by atoms with van der Waals surface area (Å²) in [4.78, 5) is 0. The van der Waals surface area contributed by atoms with Crippen LogP contribution in [-0.4, -0.2) is 0 Å². The van der Waals surface area contributed by atoms with Gasteiger partial charge in [-0.1, -0.05) is 67.4 Å². The summed E-state index contributed by atoms with van der Waals surface area (Å²) in [7, 11) is 0. The molecule has 1 aliphatic rings. The van der Waals surface area contributed by atoms with Gasteiger partial charge in [-0.25, -0.2) is 12.2 Å². The summed E-state index contributed by atoms with van der Waals surface area (Å²) in [6.07, 6.45) is 12.3. The maximum absolute atomic E-state index is 3.72. The van der Waals surface area contributed by atoms with Gasteiger partial charge in [-0.3, -0.25) is 6.08 Å². The van der Waals surface area contributed by atoms with Gasteiger partial charge < -0.3 is 6.92 Å². The van der Waals surface area contributed by atoms with Crippen LogP contribution in [0.4, 0.5) is 0 Å². The summed E-state index contributed by atoms with van der Waals surface area (Å²) < 4.78 is 0. The average Bonchev–Trinajstić information content (AvgIpc) is 3.52. The Balaban J connectivity index is 0. The van der Waals surface area contributed by atoms with Crippen LogP contribution >= 0.6 is 0 Å². The van der Waals surface area contributed by atoms with Crippen LogP contribution in [0.5, 0.6) is 0 Å². The van der Waals surface area contributed by atoms with E-state index in [9.17, 15) is 0 Å². The third-order valence-corrected chi connectivity index (χ3v) is 4.41. The van der Waals surface area contributed by atoms with Crippen LogP contribution in [-0.2, 0) is 26.2 Å². The fraction of sp³-hybridized carbons (Fsp3) is 0.135. The van der Waals surface area contributed by atoms with Gasteiger partial charge in [-0.15, -0.1) is 42.8 Å². The number of hydrogen-bond acceptors (Lipinski definition) is 0. The first-order valence-corrected chi connectivity index (χ1v) is 12.6. The van der Waals surface area contributed by atoms with Crippen LogP contribution in [0.25, 0.3) is 0 Å². The first-order chi connectivity index (χ1) is 18.0. The molecule has 4 aromatic rings. The minimum atomic E-state index is 0. The normalized spacial score (nSPS) is 9.45. The number of hydrogen-bond donors (Lipinski definition) is 0. The number of aryl methyl sites for hydroxylation is 1. The van der Waals surface area contributed by atoms with E-state index in [0.717, 1.165) is 29.5 Å². The third-order valence-electron chi connectivity index (χ3n) is 4.41. The first-order valence-electron chi connectivity index (χ1n) is 12.6. The molecule has 38 heavy (non-hydrogen) atoms. The topological polar surface area (TPSA) is 0 Å². The number of allylic oxidation sites excluding steroid dienone is 4. The Morgan fingerprint density at radius 2 is 0.921 bits per heavy atom. The van der Waals surface area contributed by atoms with E-state index < -0.39 is 0 Å². The zero-order chi connectivity index (χ0) is 27.4. The smallest absolute Gasteiger partial charge is 0 e. The number of unbranched alkanes of at least 4 members (excludes halogenated alkanes) is 1. The van der Waals surface area contributed by atoms with Crippen molar-refractivity contribution in [3.05, 3.63) is 196 Å². The average molecular weight is 579 g/mol. The quantitative estimate of drug-likeness (QED) is 0.197. The monoisotopic (exact) mass is 577 g/mol. The van der Waals surface area contributed by atoms with Crippen molar-refractivity contribution in [2.75, 3.05) is 0 Å². The van der Waals surface area contributed by atoms with Gasteiger partial charge in [0.25, 0.3) is 0 Å². The van der Waals surface area contributed by atoms with Crippen molar-refractivity contribution < 1.29 is 26.2 Å². The summed E-state index contributed by atoms with van der Waals surface area (Å²) in [5, 5.41) is 0. The summed E-state index contributed by atoms with van der Waals surface area (Å²) in [5.74, 6) is 0. The molecule has 0 saturated carbocycles. The van der Waals surface area contributed by atoms with Crippen molar-refractivity contribution in [3.63, 3.8) is 0 Å². The zero-order valence-electron chi connectivity index (χ0n) is 23.2. The Morgan fingerprint density at radius 1 is 0.605 bits per heavy atom. The van der Waals surface area contributed by atoms with E-state index in [4.69, 9.17) is 0 Å². The first kappa shape index (κ1) is 37.0. The number of benzene rings is 4. The van der Waals surface area contributed by atoms with Crippen LogP contribution in [0.1, 0.15) is 48.4 Å². The van der Waals surface area contributed by atoms with Gasteiger partial charge in [-0.05, 0) is 6.92 Å². The van der Waals surface area contributed by atoms with Gasteiger partial charge in [0.1, 0.15) is 0 Å². The van der Waals surface area contributed by atoms with E-state index in [1.54, 1.807) is 0 Å². The van der Waals surface area contributed by atoms with E-state index in [1.807, 2.05) is 121 Å². The van der Waals surface area contributed by atoms with E-state index in [2.05, 4.69) is 65.8 Å². The van der Waals surface area contributed by atoms with E-state index in [-0.39, 0.29) is 26.2 Å². The molecular formula is C37H43Zr-5. The summed E-state index contributed by atoms with van der Waals surface area (Å²) >= 11 is 0. The Kier molecular flexibility index (Phi) is 27.7. The Labute approximate surface area is 253 Å². The SMILES string of the molecule is Cc1ccccc1.[C-]1=CC=CC1.[CH2-]CCC.[CH2-]c1ccccc1.[CH2-]c1ccccc1.[CH2-]c1ccccc1.[Zr]. The molecule has 0 bridgehead atoms. The fourth-order valence-electron chi connectivity index (χ4n) is 2.31. The van der Waals surface area contributed by atoms with Crippen LogP contribution in [0, 0.1) is 40.7 Å². The van der Waals surface area contributed by atoms with Crippen LogP contribution in [0.15, 0.2) is 140 Å². The molecule has 0 radical (unpaired) electrons. The fourth-order valence-corrected chi connectivity index (χ4v) is 2.31. The van der Waals surface area contributed by atoms with Crippen LogP contribution < -0.4 is 0 Å². The minimum Gasteiger partial charge on any atom is -0.343 e. The van der Waals surface area contributed by atoms with Crippen LogP contribution in [0.3, 0.4) is 0 Å². The largest absolute Gasteiger partial charge is 0.343 e. The molecule has 200 valence electrons. The second-order valence-electron chi connectivity index (χ2n) is 7.97. The van der Waals surface area contributed by atoms with E-state index >= 15 is 0 Å². The summed E-state index contributed by atoms with van der Waals surface area (Å²) in [5.41, 5.74) is 4.54. The van der Waals surface area contributed by atoms with Crippen LogP contribution in [0.2, 0.25) is 0 Å². The van der Waals surface area contributed by atoms with Crippen molar-refractivity contribution in [3.8, 4) is 0 Å². The predicted octanol–water partition coefficient (Wildman–Crippen LogP) is 10.5. The molecule has 0 spiro atoms. The molecule has 4 aromatic carbocycles. The van der Waals surface area contributed by atoms with Gasteiger partial charge in [0.15, 0.2) is 0 Å². The minimum absolute atomic E-state index is 0. The Hall–Kier alpha value is -3.15. The van der Waals surface area contributed by atoms with E-state index in [0.29, 0.717) is 0 Å². The molecule has 0 heterocycles. The molecular weight excluding hydrogens is 536 g/mol. The standard InChI is InChI=1S/C7H8.3C7H7.C5H5.C4H9.Zr/c4*1-7-5-3-2-4-6-7;1-2-4-5-3-1;1-3-4-2;/h2-6H,1H3;3*2-6H,1H2;1-3H,4H2;1,3-4H2,2H3;/q;5*-1;. The Bertz CT molecular complexity index is 859. The molecule has 1 heteroatoms. The van der Waals surface area contributed by atoms with Gasteiger partial charge in [0.2, 0.25) is 0 Å². The van der Waals surface area contributed by atoms with Crippen molar-refractivity contribution >= 4 is 0 Å². The molecule has 0 fully saturated rings. The molecule has 1 aliphatic carbocycles. The van der Waals surface area contributed by atoms with Gasteiger partial charge >= 0.3 is 0 Å². The van der Waals surface area contributed by atoms with Gasteiger partial charge in [0, 0.05) is 26.2 Å². The molecule has 0 nitrogen and oxygen atoms in total.